The fraction of sp³-hybridized carbons (Fsp3) is 0.433. The molecular formula is C30H36F2N8O. The third-order valence-electron chi connectivity index (χ3n) is 8.54. The zero-order chi connectivity index (χ0) is 28.5. The largest absolute Gasteiger partial charge is 0.435 e. The number of nitrogens with two attached hydrogens (primary N) is 2. The topological polar surface area (TPSA) is 111 Å². The van der Waals surface area contributed by atoms with Crippen molar-refractivity contribution in [2.24, 2.45) is 0 Å². The smallest absolute Gasteiger partial charge is 0.387 e. The second-order valence-electron chi connectivity index (χ2n) is 11.1. The number of para-hydroxylation sites is 1. The summed E-state index contributed by atoms with van der Waals surface area (Å²) in [5.74, 6) is 0.520. The van der Waals surface area contributed by atoms with Crippen molar-refractivity contribution < 1.29 is 13.5 Å². The minimum Gasteiger partial charge on any atom is -0.435 e. The number of aromatic nitrogens is 4. The molecule has 216 valence electrons. The van der Waals surface area contributed by atoms with Crippen molar-refractivity contribution >= 4 is 22.5 Å². The predicted molar refractivity (Wildman–Crippen MR) is 156 cm³/mol. The standard InChI is InChI=1S/C30H36F2N8O/c1-38-12-14-39(15-13-38)21-7-9-22(10-8-21)40-29-26(28(34)35-18-36-29)27(37-40)23-11-6-19(17-24(23)33)16-20-4-2-3-5-25(20)41-30(31)32/h2-6,11,17-18,21-22,30H,7-10,12-16,33H2,1H3,(H2,34,35,36). The van der Waals surface area contributed by atoms with Crippen LogP contribution in [0.1, 0.15) is 42.9 Å². The second kappa shape index (κ2) is 11.6. The molecule has 0 bridgehead atoms. The number of benzene rings is 2. The Bertz CT molecular complexity index is 1510. The van der Waals surface area contributed by atoms with Crippen LogP contribution in [0.2, 0.25) is 0 Å². The molecule has 9 nitrogen and oxygen atoms in total. The number of halogens is 2. The Morgan fingerprint density at radius 1 is 0.951 bits per heavy atom. The van der Waals surface area contributed by atoms with Crippen molar-refractivity contribution in [3.05, 3.63) is 59.9 Å². The molecule has 4 N–H and O–H groups in total. The Labute approximate surface area is 238 Å². The van der Waals surface area contributed by atoms with Crippen molar-refractivity contribution in [3.63, 3.8) is 0 Å². The maximum absolute atomic E-state index is 12.9. The lowest BCUT2D eigenvalue weighted by Gasteiger charge is -2.41. The van der Waals surface area contributed by atoms with Crippen LogP contribution < -0.4 is 16.2 Å². The first kappa shape index (κ1) is 27.3. The highest BCUT2D eigenvalue weighted by Gasteiger charge is 2.31. The number of nitrogens with zero attached hydrogens (tertiary/aromatic N) is 6. The molecule has 41 heavy (non-hydrogen) atoms. The number of nitrogen functional groups attached to an aromatic ring is 2. The van der Waals surface area contributed by atoms with E-state index < -0.39 is 6.61 Å². The minimum atomic E-state index is -2.89. The van der Waals surface area contributed by atoms with E-state index in [4.69, 9.17) is 21.3 Å². The number of fused-ring (bicyclic) bond motifs is 1. The summed E-state index contributed by atoms with van der Waals surface area (Å²) in [6, 6.07) is 13.3. The van der Waals surface area contributed by atoms with Gasteiger partial charge in [-0.25, -0.2) is 14.6 Å². The van der Waals surface area contributed by atoms with E-state index in [1.54, 1.807) is 24.3 Å². The van der Waals surface area contributed by atoms with Gasteiger partial charge in [-0.05, 0) is 56.0 Å². The van der Waals surface area contributed by atoms with Crippen LogP contribution in [0.25, 0.3) is 22.3 Å². The summed E-state index contributed by atoms with van der Waals surface area (Å²) in [7, 11) is 2.19. The van der Waals surface area contributed by atoms with Crippen LogP contribution in [0.15, 0.2) is 48.8 Å². The Morgan fingerprint density at radius 2 is 1.68 bits per heavy atom. The Balaban J connectivity index is 1.26. The van der Waals surface area contributed by atoms with E-state index in [0.29, 0.717) is 40.6 Å². The van der Waals surface area contributed by atoms with E-state index in [0.717, 1.165) is 68.6 Å². The van der Waals surface area contributed by atoms with Crippen LogP contribution >= 0.6 is 0 Å². The lowest BCUT2D eigenvalue weighted by molar-refractivity contribution is -0.0503. The van der Waals surface area contributed by atoms with Crippen LogP contribution in [-0.4, -0.2) is 75.4 Å². The number of rotatable bonds is 7. The van der Waals surface area contributed by atoms with Gasteiger partial charge in [-0.3, -0.25) is 4.90 Å². The average Bonchev–Trinajstić information content (AvgIpc) is 3.35. The Kier molecular flexibility index (Phi) is 7.72. The zero-order valence-corrected chi connectivity index (χ0v) is 23.2. The number of anilines is 2. The maximum atomic E-state index is 12.9. The first-order valence-electron chi connectivity index (χ1n) is 14.2. The average molecular weight is 563 g/mol. The summed E-state index contributed by atoms with van der Waals surface area (Å²) < 4.78 is 32.5. The van der Waals surface area contributed by atoms with E-state index in [1.165, 1.54) is 6.33 Å². The van der Waals surface area contributed by atoms with Crippen molar-refractivity contribution in [3.8, 4) is 17.0 Å². The quantitative estimate of drug-likeness (QED) is 0.315. The van der Waals surface area contributed by atoms with Crippen LogP contribution in [0.5, 0.6) is 5.75 Å². The van der Waals surface area contributed by atoms with Gasteiger partial charge in [0.1, 0.15) is 23.6 Å². The molecule has 4 aromatic rings. The van der Waals surface area contributed by atoms with Crippen LogP contribution in [0.3, 0.4) is 0 Å². The van der Waals surface area contributed by atoms with Gasteiger partial charge in [0, 0.05) is 49.9 Å². The van der Waals surface area contributed by atoms with Gasteiger partial charge in [0.25, 0.3) is 0 Å². The summed E-state index contributed by atoms with van der Waals surface area (Å²) in [4.78, 5) is 13.9. The molecule has 1 aliphatic heterocycles. The van der Waals surface area contributed by atoms with Gasteiger partial charge in [0.2, 0.25) is 0 Å². The second-order valence-corrected chi connectivity index (χ2v) is 11.1. The molecule has 3 heterocycles. The summed E-state index contributed by atoms with van der Waals surface area (Å²) in [5, 5.41) is 5.74. The van der Waals surface area contributed by atoms with Gasteiger partial charge < -0.3 is 21.1 Å². The molecule has 2 fully saturated rings. The third-order valence-corrected chi connectivity index (χ3v) is 8.54. The Morgan fingerprint density at radius 3 is 2.41 bits per heavy atom. The SMILES string of the molecule is CN1CCN(C2CCC(n3nc(-c4ccc(Cc5ccccc5OC(F)F)cc4N)c4c(N)ncnc43)CC2)CC1. The fourth-order valence-corrected chi connectivity index (χ4v) is 6.31. The van der Waals surface area contributed by atoms with Gasteiger partial charge in [0.05, 0.1) is 11.4 Å². The number of ether oxygens (including phenoxy) is 1. The first-order valence-corrected chi connectivity index (χ1v) is 14.2. The summed E-state index contributed by atoms with van der Waals surface area (Å²) >= 11 is 0. The van der Waals surface area contributed by atoms with Gasteiger partial charge in [-0.2, -0.15) is 13.9 Å². The van der Waals surface area contributed by atoms with Crippen LogP contribution in [-0.2, 0) is 6.42 Å². The number of hydrogen-bond acceptors (Lipinski definition) is 8. The molecule has 2 aromatic heterocycles. The van der Waals surface area contributed by atoms with E-state index in [9.17, 15) is 8.78 Å². The molecule has 1 aliphatic carbocycles. The number of likely N-dealkylation sites (N-methyl/N-ethyl adjacent to an activating group) is 1. The maximum Gasteiger partial charge on any atom is 0.387 e. The number of piperazine rings is 1. The predicted octanol–water partition coefficient (Wildman–Crippen LogP) is 4.58. The lowest BCUT2D eigenvalue weighted by Crippen LogP contribution is -2.49. The molecule has 1 saturated heterocycles. The van der Waals surface area contributed by atoms with E-state index in [2.05, 4.69) is 26.8 Å². The Hall–Kier alpha value is -3.83. The molecule has 2 aliphatic rings. The first-order chi connectivity index (χ1) is 19.9. The van der Waals surface area contributed by atoms with Gasteiger partial charge in [0.15, 0.2) is 5.65 Å². The van der Waals surface area contributed by atoms with Crippen molar-refractivity contribution in [1.82, 2.24) is 29.5 Å². The summed E-state index contributed by atoms with van der Waals surface area (Å²) in [5.41, 5.74) is 17.1. The van der Waals surface area contributed by atoms with Crippen LogP contribution in [0.4, 0.5) is 20.3 Å². The van der Waals surface area contributed by atoms with Crippen LogP contribution in [0, 0.1) is 0 Å². The number of hydrogen-bond donors (Lipinski definition) is 2. The molecule has 2 aromatic carbocycles. The van der Waals surface area contributed by atoms with Gasteiger partial charge in [-0.15, -0.1) is 0 Å². The summed E-state index contributed by atoms with van der Waals surface area (Å²) in [6.07, 6.45) is 6.17. The molecule has 0 radical (unpaired) electrons. The molecule has 11 heteroatoms. The normalized spacial score (nSPS) is 20.6. The molecular weight excluding hydrogens is 526 g/mol. The molecule has 0 spiro atoms. The van der Waals surface area contributed by atoms with Gasteiger partial charge >= 0.3 is 6.61 Å². The lowest BCUT2D eigenvalue weighted by atomic mass is 9.90. The molecule has 6 rings (SSSR count). The van der Waals surface area contributed by atoms with Gasteiger partial charge in [-0.1, -0.05) is 30.3 Å². The van der Waals surface area contributed by atoms with E-state index in [1.807, 2.05) is 22.9 Å². The molecule has 1 saturated carbocycles. The highest BCUT2D eigenvalue weighted by molar-refractivity contribution is 6.00. The highest BCUT2D eigenvalue weighted by atomic mass is 19.3. The fourth-order valence-electron chi connectivity index (χ4n) is 6.31. The molecule has 0 atom stereocenters. The van der Waals surface area contributed by atoms with Crippen molar-refractivity contribution in [2.75, 3.05) is 44.7 Å². The molecule has 0 amide bonds. The molecule has 0 unspecified atom stereocenters. The summed E-state index contributed by atoms with van der Waals surface area (Å²) in [6.45, 7) is 1.62. The van der Waals surface area contributed by atoms with E-state index >= 15 is 0 Å². The van der Waals surface area contributed by atoms with Crippen molar-refractivity contribution in [2.45, 2.75) is 50.8 Å². The highest BCUT2D eigenvalue weighted by Crippen LogP contribution is 2.39. The van der Waals surface area contributed by atoms with Crippen molar-refractivity contribution in [1.29, 1.82) is 0 Å². The number of alkyl halides is 2. The monoisotopic (exact) mass is 562 g/mol. The zero-order valence-electron chi connectivity index (χ0n) is 23.2. The third kappa shape index (κ3) is 5.69. The minimum absolute atomic E-state index is 0.155. The van der Waals surface area contributed by atoms with E-state index in [-0.39, 0.29) is 11.8 Å².